The summed E-state index contributed by atoms with van der Waals surface area (Å²) in [6.45, 7) is 0. The highest BCUT2D eigenvalue weighted by molar-refractivity contribution is 7.13. The van der Waals surface area contributed by atoms with Crippen LogP contribution in [0, 0.1) is 11.3 Å². The second kappa shape index (κ2) is 8.95. The molecule has 0 fully saturated rings. The zero-order valence-electron chi connectivity index (χ0n) is 15.8. The third-order valence-corrected chi connectivity index (χ3v) is 5.20. The molecule has 0 atom stereocenters. The number of aromatic nitrogens is 2. The number of benzene rings is 2. The van der Waals surface area contributed by atoms with E-state index in [0.717, 1.165) is 27.4 Å². The summed E-state index contributed by atoms with van der Waals surface area (Å²) in [6, 6.07) is 22.5. The van der Waals surface area contributed by atoms with Crippen molar-refractivity contribution in [2.45, 2.75) is 0 Å². The third kappa shape index (κ3) is 4.49. The van der Waals surface area contributed by atoms with E-state index in [2.05, 4.69) is 15.3 Å². The molecule has 4 rings (SSSR count). The van der Waals surface area contributed by atoms with Gasteiger partial charge in [-0.3, -0.25) is 9.78 Å². The lowest BCUT2D eigenvalue weighted by Gasteiger charge is -2.06. The molecule has 1 amide bonds. The van der Waals surface area contributed by atoms with E-state index >= 15 is 0 Å². The van der Waals surface area contributed by atoms with Gasteiger partial charge in [0.1, 0.15) is 16.6 Å². The first kappa shape index (κ1) is 19.2. The van der Waals surface area contributed by atoms with E-state index in [-0.39, 0.29) is 5.57 Å². The van der Waals surface area contributed by atoms with Crippen LogP contribution in [-0.2, 0) is 4.79 Å². The maximum Gasteiger partial charge on any atom is 0.266 e. The third-order valence-electron chi connectivity index (χ3n) is 4.30. The number of thiazole rings is 1. The first-order chi connectivity index (χ1) is 14.7. The summed E-state index contributed by atoms with van der Waals surface area (Å²) in [7, 11) is 0. The van der Waals surface area contributed by atoms with Gasteiger partial charge in [0, 0.05) is 34.6 Å². The number of anilines is 1. The van der Waals surface area contributed by atoms with Crippen LogP contribution in [0.25, 0.3) is 27.9 Å². The number of nitriles is 1. The van der Waals surface area contributed by atoms with E-state index < -0.39 is 5.91 Å². The van der Waals surface area contributed by atoms with Crippen LogP contribution >= 0.6 is 11.3 Å². The van der Waals surface area contributed by atoms with Crippen LogP contribution in [0.3, 0.4) is 0 Å². The molecule has 2 aromatic heterocycles. The minimum Gasteiger partial charge on any atom is -0.321 e. The van der Waals surface area contributed by atoms with E-state index in [9.17, 15) is 10.1 Å². The summed E-state index contributed by atoms with van der Waals surface area (Å²) < 4.78 is 0. The fourth-order valence-corrected chi connectivity index (χ4v) is 3.67. The van der Waals surface area contributed by atoms with Gasteiger partial charge in [0.05, 0.1) is 5.69 Å². The Morgan fingerprint density at radius 3 is 2.63 bits per heavy atom. The number of carbonyl (C=O) groups is 1. The van der Waals surface area contributed by atoms with Crippen LogP contribution in [0.15, 0.2) is 90.1 Å². The predicted molar refractivity (Wildman–Crippen MR) is 119 cm³/mol. The SMILES string of the molecule is N#C/C(=C\c1ccccc1)C(=O)Nc1cccc(-c2csc(-c3cccnc3)n2)c1. The molecular weight excluding hydrogens is 392 g/mol. The normalized spacial score (nSPS) is 11.0. The Balaban J connectivity index is 1.54. The summed E-state index contributed by atoms with van der Waals surface area (Å²) in [5.41, 5.74) is 4.09. The molecule has 0 bridgehead atoms. The number of amides is 1. The van der Waals surface area contributed by atoms with Gasteiger partial charge < -0.3 is 5.32 Å². The second-order valence-electron chi connectivity index (χ2n) is 6.40. The van der Waals surface area contributed by atoms with Gasteiger partial charge in [0.15, 0.2) is 0 Å². The van der Waals surface area contributed by atoms with Gasteiger partial charge in [-0.25, -0.2) is 4.98 Å². The van der Waals surface area contributed by atoms with Crippen LogP contribution in [0.2, 0.25) is 0 Å². The maximum absolute atomic E-state index is 12.6. The highest BCUT2D eigenvalue weighted by atomic mass is 32.1. The minimum absolute atomic E-state index is 0.0409. The molecule has 0 spiro atoms. The van der Waals surface area contributed by atoms with Crippen molar-refractivity contribution in [1.82, 2.24) is 9.97 Å². The van der Waals surface area contributed by atoms with E-state index in [1.165, 1.54) is 11.3 Å². The molecule has 0 unspecified atom stereocenters. The van der Waals surface area contributed by atoms with Gasteiger partial charge in [-0.15, -0.1) is 11.3 Å². The summed E-state index contributed by atoms with van der Waals surface area (Å²) in [5.74, 6) is -0.451. The van der Waals surface area contributed by atoms with Crippen LogP contribution in [0.1, 0.15) is 5.56 Å². The Bertz CT molecular complexity index is 1240. The van der Waals surface area contributed by atoms with Crippen molar-refractivity contribution in [1.29, 1.82) is 5.26 Å². The Hall–Kier alpha value is -4.08. The number of hydrogen-bond donors (Lipinski definition) is 1. The largest absolute Gasteiger partial charge is 0.321 e. The molecule has 30 heavy (non-hydrogen) atoms. The van der Waals surface area contributed by atoms with Crippen LogP contribution < -0.4 is 5.32 Å². The Labute approximate surface area is 178 Å². The highest BCUT2D eigenvalue weighted by Gasteiger charge is 2.11. The average Bonchev–Trinajstić information content (AvgIpc) is 3.29. The van der Waals surface area contributed by atoms with Crippen LogP contribution in [0.5, 0.6) is 0 Å². The Kier molecular flexibility index (Phi) is 5.74. The van der Waals surface area contributed by atoms with Crippen LogP contribution in [0.4, 0.5) is 5.69 Å². The zero-order chi connectivity index (χ0) is 20.8. The molecule has 2 heterocycles. The topological polar surface area (TPSA) is 78.7 Å². The summed E-state index contributed by atoms with van der Waals surface area (Å²) in [4.78, 5) is 21.4. The molecule has 4 aromatic rings. The molecule has 0 aliphatic heterocycles. The van der Waals surface area contributed by atoms with Crippen LogP contribution in [-0.4, -0.2) is 15.9 Å². The van der Waals surface area contributed by atoms with Gasteiger partial charge >= 0.3 is 0 Å². The quantitative estimate of drug-likeness (QED) is 0.353. The summed E-state index contributed by atoms with van der Waals surface area (Å²) in [5, 5.41) is 15.0. The number of hydrogen-bond acceptors (Lipinski definition) is 5. The van der Waals surface area contributed by atoms with E-state index in [0.29, 0.717) is 5.69 Å². The van der Waals surface area contributed by atoms with Gasteiger partial charge in [-0.1, -0.05) is 42.5 Å². The summed E-state index contributed by atoms with van der Waals surface area (Å²) >= 11 is 1.54. The average molecular weight is 408 g/mol. The lowest BCUT2D eigenvalue weighted by atomic mass is 10.1. The zero-order valence-corrected chi connectivity index (χ0v) is 16.6. The summed E-state index contributed by atoms with van der Waals surface area (Å²) in [6.07, 6.45) is 5.08. The van der Waals surface area contributed by atoms with Crippen molar-refractivity contribution < 1.29 is 4.79 Å². The molecule has 6 heteroatoms. The van der Waals surface area contributed by atoms with Crippen molar-refractivity contribution in [3.63, 3.8) is 0 Å². The first-order valence-corrected chi connectivity index (χ1v) is 10.1. The van der Waals surface area contributed by atoms with Crippen molar-refractivity contribution >= 4 is 29.0 Å². The molecule has 0 saturated carbocycles. The first-order valence-electron chi connectivity index (χ1n) is 9.17. The molecular formula is C24H16N4OS. The second-order valence-corrected chi connectivity index (χ2v) is 7.25. The lowest BCUT2D eigenvalue weighted by Crippen LogP contribution is -2.13. The molecule has 0 radical (unpaired) electrons. The molecule has 0 aliphatic carbocycles. The molecule has 0 saturated heterocycles. The van der Waals surface area contributed by atoms with E-state index in [1.807, 2.05) is 72.1 Å². The highest BCUT2D eigenvalue weighted by Crippen LogP contribution is 2.29. The number of carbonyl (C=O) groups excluding carboxylic acids is 1. The van der Waals surface area contributed by atoms with E-state index in [1.54, 1.807) is 24.5 Å². The minimum atomic E-state index is -0.451. The number of nitrogens with zero attached hydrogens (tertiary/aromatic N) is 3. The van der Waals surface area contributed by atoms with Crippen molar-refractivity contribution in [2.75, 3.05) is 5.32 Å². The lowest BCUT2D eigenvalue weighted by molar-refractivity contribution is -0.112. The van der Waals surface area contributed by atoms with Crippen molar-refractivity contribution in [3.05, 3.63) is 95.6 Å². The number of rotatable bonds is 5. The van der Waals surface area contributed by atoms with Gasteiger partial charge in [0.25, 0.3) is 5.91 Å². The molecule has 5 nitrogen and oxygen atoms in total. The van der Waals surface area contributed by atoms with Gasteiger partial charge in [-0.2, -0.15) is 5.26 Å². The van der Waals surface area contributed by atoms with Gasteiger partial charge in [-0.05, 0) is 35.9 Å². The van der Waals surface area contributed by atoms with E-state index in [4.69, 9.17) is 0 Å². The smallest absolute Gasteiger partial charge is 0.266 e. The monoisotopic (exact) mass is 408 g/mol. The fraction of sp³-hybridized carbons (Fsp3) is 0. The maximum atomic E-state index is 12.6. The Morgan fingerprint density at radius 1 is 1.03 bits per heavy atom. The molecule has 1 N–H and O–H groups in total. The standard InChI is InChI=1S/C24H16N4OS/c25-14-20(12-17-6-2-1-3-7-17)23(29)27-21-10-4-8-18(13-21)22-16-30-24(28-22)19-9-5-11-26-15-19/h1-13,15-16H,(H,27,29)/b20-12+. The number of nitrogens with one attached hydrogen (secondary N) is 1. The number of pyridine rings is 1. The molecule has 2 aromatic carbocycles. The Morgan fingerprint density at radius 2 is 1.87 bits per heavy atom. The molecule has 0 aliphatic rings. The fourth-order valence-electron chi connectivity index (χ4n) is 2.85. The van der Waals surface area contributed by atoms with Gasteiger partial charge in [0.2, 0.25) is 0 Å². The van der Waals surface area contributed by atoms with Crippen molar-refractivity contribution in [3.8, 4) is 27.9 Å². The van der Waals surface area contributed by atoms with Crippen molar-refractivity contribution in [2.24, 2.45) is 0 Å². The molecule has 144 valence electrons. The predicted octanol–water partition coefficient (Wildman–Crippen LogP) is 5.42.